The number of nitrogens with zero attached hydrogens (tertiary/aromatic N) is 2. The van der Waals surface area contributed by atoms with Crippen molar-refractivity contribution < 1.29 is 27.8 Å². The highest BCUT2D eigenvalue weighted by atomic mass is 35.5. The first-order valence-electron chi connectivity index (χ1n) is 16.5. The average molecular weight is 718 g/mol. The predicted molar refractivity (Wildman–Crippen MR) is 179 cm³/mol. The Morgan fingerprint density at radius 3 is 1.70 bits per heavy atom. The summed E-state index contributed by atoms with van der Waals surface area (Å²) >= 11 is 16.9. The maximum Gasteiger partial charge on any atom is 0.311 e. The van der Waals surface area contributed by atoms with Crippen LogP contribution in [0.15, 0.2) is 12.1 Å². The number of carbonyl (C=O) groups is 2. The van der Waals surface area contributed by atoms with E-state index in [-0.39, 0.29) is 57.1 Å². The van der Waals surface area contributed by atoms with Crippen LogP contribution in [0.5, 0.6) is 0 Å². The van der Waals surface area contributed by atoms with Gasteiger partial charge in [0.05, 0.1) is 25.0 Å². The summed E-state index contributed by atoms with van der Waals surface area (Å²) in [7, 11) is 0. The van der Waals surface area contributed by atoms with Gasteiger partial charge in [-0.25, -0.2) is 18.7 Å². The van der Waals surface area contributed by atoms with E-state index in [2.05, 4.69) is 15.3 Å². The molecule has 6 saturated carbocycles. The third-order valence-electron chi connectivity index (χ3n) is 10.1. The molecule has 8 rings (SSSR count). The summed E-state index contributed by atoms with van der Waals surface area (Å²) in [5, 5.41) is 3.50. The van der Waals surface area contributed by atoms with Crippen LogP contribution in [0, 0.1) is 61.0 Å². The Labute approximate surface area is 290 Å². The molecule has 0 amide bonds. The van der Waals surface area contributed by atoms with Crippen molar-refractivity contribution >= 4 is 52.6 Å². The summed E-state index contributed by atoms with van der Waals surface area (Å²) in [4.78, 5) is 31.7. The molecule has 6 aliphatic carbocycles. The lowest BCUT2D eigenvalue weighted by Gasteiger charge is -2.47. The predicted octanol–water partition coefficient (Wildman–Crippen LogP) is 8.11. The van der Waals surface area contributed by atoms with Crippen molar-refractivity contribution in [3.8, 4) is 0 Å². The van der Waals surface area contributed by atoms with Crippen LogP contribution in [0.1, 0.15) is 76.3 Å². The normalized spacial score (nSPS) is 28.7. The Morgan fingerprint density at radius 1 is 0.745 bits per heavy atom. The van der Waals surface area contributed by atoms with Gasteiger partial charge in [0.15, 0.2) is 22.6 Å². The summed E-state index contributed by atoms with van der Waals surface area (Å²) in [5.74, 6) is 0.380. The van der Waals surface area contributed by atoms with Crippen LogP contribution in [-0.2, 0) is 19.1 Å². The Balaban J connectivity index is 0.000000177. The smallest absolute Gasteiger partial charge is 0.311 e. The zero-order valence-corrected chi connectivity index (χ0v) is 29.6. The Morgan fingerprint density at radius 2 is 1.19 bits per heavy atom. The number of rotatable bonds is 6. The fraction of sp³-hybridized carbons (Fsp3) is 0.647. The molecule has 13 heteroatoms. The molecule has 6 aliphatic rings. The molecule has 0 aliphatic heterocycles. The molecular weight excluding hydrogens is 673 g/mol. The van der Waals surface area contributed by atoms with Crippen LogP contribution in [0.2, 0.25) is 15.5 Å². The van der Waals surface area contributed by atoms with E-state index in [1.807, 2.05) is 13.8 Å². The number of pyridine rings is 2. The standard InChI is InChI=1S/C17H22ClFN2O2.C11H19NO2.C6H4Cl2FN/c1-3-23-17(22)13-10-4-6-11(7-5-10)14(13)20-16-12(19)8-9(2)15(18)21-16;1-2-14-11(13)9-7-3-5-8(6-4-7)10(9)12;1-3-2-4(9)6(8)10-5(3)7/h8,10-11,13-14H,3-7H2,1-2H3,(H,20,21);7-10H,2-6,12H2,1H3;2H,1H3/t10?,11?,13-,14-;7?,8?,9-,10-;/m00./s1. The van der Waals surface area contributed by atoms with Crippen LogP contribution >= 0.6 is 34.8 Å². The van der Waals surface area contributed by atoms with Gasteiger partial charge in [-0.05, 0) is 126 Å². The molecule has 2 aromatic heterocycles. The summed E-state index contributed by atoms with van der Waals surface area (Å²) in [6, 6.07) is 2.54. The molecule has 2 heterocycles. The van der Waals surface area contributed by atoms with Gasteiger partial charge in [0.25, 0.3) is 0 Å². The molecule has 4 atom stereocenters. The number of esters is 2. The van der Waals surface area contributed by atoms with Crippen LogP contribution in [-0.4, -0.2) is 47.2 Å². The van der Waals surface area contributed by atoms with Crippen molar-refractivity contribution in [1.82, 2.24) is 9.97 Å². The second kappa shape index (κ2) is 16.9. The lowest BCUT2D eigenvalue weighted by Crippen LogP contribution is -2.52. The summed E-state index contributed by atoms with van der Waals surface area (Å²) in [6.07, 6.45) is 8.94. The van der Waals surface area contributed by atoms with Gasteiger partial charge >= 0.3 is 11.9 Å². The van der Waals surface area contributed by atoms with E-state index in [1.54, 1.807) is 13.8 Å². The highest BCUT2D eigenvalue weighted by Gasteiger charge is 2.48. The van der Waals surface area contributed by atoms with E-state index in [0.29, 0.717) is 48.0 Å². The number of aromatic nitrogens is 2. The quantitative estimate of drug-likeness (QED) is 0.228. The van der Waals surface area contributed by atoms with Crippen molar-refractivity contribution in [2.24, 2.45) is 41.2 Å². The molecule has 6 fully saturated rings. The minimum atomic E-state index is -0.538. The molecule has 8 nitrogen and oxygen atoms in total. The highest BCUT2D eigenvalue weighted by Crippen LogP contribution is 2.47. The average Bonchev–Trinajstić information content (AvgIpc) is 3.04. The van der Waals surface area contributed by atoms with E-state index in [0.717, 1.165) is 25.7 Å². The van der Waals surface area contributed by atoms with Crippen molar-refractivity contribution in [2.75, 3.05) is 18.5 Å². The third kappa shape index (κ3) is 9.05. The molecule has 47 heavy (non-hydrogen) atoms. The number of fused-ring (bicyclic) bond motifs is 6. The van der Waals surface area contributed by atoms with Gasteiger partial charge < -0.3 is 20.5 Å². The Hall–Kier alpha value is -2.27. The monoisotopic (exact) mass is 716 g/mol. The molecule has 3 N–H and O–H groups in total. The van der Waals surface area contributed by atoms with Gasteiger partial charge in [-0.2, -0.15) is 0 Å². The van der Waals surface area contributed by atoms with E-state index in [1.165, 1.54) is 37.8 Å². The SMILES string of the molecule is CCOC(=O)[C@H]1C2CCC(CC2)[C@@H]1N.CCOC(=O)[C@H]1C2CCC(CC2)[C@@H]1Nc1nc(Cl)c(C)cc1F.Cc1cc(F)c(Cl)nc1Cl. The molecule has 0 saturated heterocycles. The molecule has 0 radical (unpaired) electrons. The molecule has 0 unspecified atom stereocenters. The van der Waals surface area contributed by atoms with Gasteiger partial charge in [0.1, 0.15) is 10.3 Å². The molecule has 2 aromatic rings. The zero-order valence-electron chi connectivity index (χ0n) is 27.3. The lowest BCUT2D eigenvalue weighted by molar-refractivity contribution is -0.155. The van der Waals surface area contributed by atoms with Crippen LogP contribution in [0.25, 0.3) is 0 Å². The van der Waals surface area contributed by atoms with Crippen LogP contribution in [0.4, 0.5) is 14.6 Å². The fourth-order valence-corrected chi connectivity index (χ4v) is 8.13. The minimum absolute atomic E-state index is 0.0116. The summed E-state index contributed by atoms with van der Waals surface area (Å²) < 4.78 is 37.1. The first-order valence-corrected chi connectivity index (χ1v) is 17.7. The van der Waals surface area contributed by atoms with E-state index in [4.69, 9.17) is 50.0 Å². The minimum Gasteiger partial charge on any atom is -0.466 e. The maximum absolute atomic E-state index is 14.2. The largest absolute Gasteiger partial charge is 0.466 e. The lowest BCUT2D eigenvalue weighted by atomic mass is 9.61. The van der Waals surface area contributed by atoms with Crippen molar-refractivity contribution in [1.29, 1.82) is 0 Å². The number of hydrogen-bond donors (Lipinski definition) is 2. The van der Waals surface area contributed by atoms with Crippen LogP contribution < -0.4 is 11.1 Å². The number of halogens is 5. The van der Waals surface area contributed by atoms with E-state index in [9.17, 15) is 18.4 Å². The second-order valence-corrected chi connectivity index (χ2v) is 14.0. The van der Waals surface area contributed by atoms with Gasteiger partial charge in [0, 0.05) is 12.1 Å². The summed E-state index contributed by atoms with van der Waals surface area (Å²) in [6.45, 7) is 7.87. The van der Waals surface area contributed by atoms with Crippen molar-refractivity contribution in [3.63, 3.8) is 0 Å². The molecule has 0 aromatic carbocycles. The highest BCUT2D eigenvalue weighted by molar-refractivity contribution is 6.32. The topological polar surface area (TPSA) is 116 Å². The number of ether oxygens (including phenoxy) is 2. The van der Waals surface area contributed by atoms with Crippen molar-refractivity contribution in [2.45, 2.75) is 91.1 Å². The van der Waals surface area contributed by atoms with Gasteiger partial charge in [-0.15, -0.1) is 0 Å². The number of anilines is 1. The van der Waals surface area contributed by atoms with E-state index < -0.39 is 11.6 Å². The first kappa shape index (κ1) is 37.5. The first-order chi connectivity index (χ1) is 22.4. The third-order valence-corrected chi connectivity index (χ3v) is 11.1. The number of carbonyl (C=O) groups excluding carboxylic acids is 2. The summed E-state index contributed by atoms with van der Waals surface area (Å²) in [5.41, 5.74) is 7.28. The van der Waals surface area contributed by atoms with Crippen molar-refractivity contribution in [3.05, 3.63) is 50.4 Å². The van der Waals surface area contributed by atoms with Gasteiger partial charge in [-0.1, -0.05) is 34.8 Å². The molecular formula is C34H45Cl3F2N4O4. The van der Waals surface area contributed by atoms with Crippen LogP contribution in [0.3, 0.4) is 0 Å². The number of nitrogens with one attached hydrogen (secondary N) is 1. The molecule has 260 valence electrons. The van der Waals surface area contributed by atoms with E-state index >= 15 is 0 Å². The maximum atomic E-state index is 14.2. The zero-order chi connectivity index (χ0) is 34.4. The van der Waals surface area contributed by atoms with Gasteiger partial charge in [-0.3, -0.25) is 9.59 Å². The Kier molecular flexibility index (Phi) is 13.5. The Bertz CT molecular complexity index is 1350. The molecule has 4 bridgehead atoms. The van der Waals surface area contributed by atoms with Gasteiger partial charge in [0.2, 0.25) is 0 Å². The fourth-order valence-electron chi connectivity index (χ4n) is 7.67. The number of hydrogen-bond acceptors (Lipinski definition) is 8. The number of nitrogens with two attached hydrogens (primary N) is 1. The molecule has 0 spiro atoms. The second-order valence-electron chi connectivity index (χ2n) is 12.9. The number of aryl methyl sites for hydroxylation is 2.